The van der Waals surface area contributed by atoms with Gasteiger partial charge in [-0.15, -0.1) is 0 Å². The van der Waals surface area contributed by atoms with Gasteiger partial charge in [-0.05, 0) is 23.3 Å². The molecule has 0 atom stereocenters. The minimum absolute atomic E-state index is 0.0268. The van der Waals surface area contributed by atoms with Crippen molar-refractivity contribution in [3.05, 3.63) is 53.6 Å². The molecule has 0 saturated heterocycles. The van der Waals surface area contributed by atoms with E-state index in [-0.39, 0.29) is 13.2 Å². The SMILES string of the molecule is O=C(O)Cc1ccccc1CNc1ccc2c(c1)OCO2. The standard InChI is InChI=1S/C16H15NO4/c18-16(19)7-11-3-1-2-4-12(11)9-17-13-5-6-14-15(8-13)21-10-20-14/h1-6,8,17H,7,9-10H2,(H,18,19). The highest BCUT2D eigenvalue weighted by molar-refractivity contribution is 5.70. The zero-order chi connectivity index (χ0) is 14.7. The molecule has 1 aliphatic heterocycles. The Hall–Kier alpha value is -2.69. The second kappa shape index (κ2) is 5.75. The molecule has 0 bridgehead atoms. The molecule has 2 aromatic rings. The van der Waals surface area contributed by atoms with E-state index in [2.05, 4.69) is 5.32 Å². The number of hydrogen-bond donors (Lipinski definition) is 2. The van der Waals surface area contributed by atoms with Gasteiger partial charge >= 0.3 is 5.97 Å². The van der Waals surface area contributed by atoms with Gasteiger partial charge in [0.1, 0.15) is 0 Å². The van der Waals surface area contributed by atoms with Crippen LogP contribution in [0.1, 0.15) is 11.1 Å². The fraction of sp³-hybridized carbons (Fsp3) is 0.188. The van der Waals surface area contributed by atoms with E-state index in [0.717, 1.165) is 28.3 Å². The van der Waals surface area contributed by atoms with Gasteiger partial charge in [-0.25, -0.2) is 0 Å². The molecule has 1 heterocycles. The van der Waals surface area contributed by atoms with Crippen LogP contribution in [0.15, 0.2) is 42.5 Å². The Kier molecular flexibility index (Phi) is 3.64. The van der Waals surface area contributed by atoms with Crippen molar-refractivity contribution in [2.75, 3.05) is 12.1 Å². The second-order valence-electron chi connectivity index (χ2n) is 4.76. The highest BCUT2D eigenvalue weighted by Crippen LogP contribution is 2.34. The average molecular weight is 285 g/mol. The van der Waals surface area contributed by atoms with Crippen molar-refractivity contribution in [1.29, 1.82) is 0 Å². The third-order valence-electron chi connectivity index (χ3n) is 3.32. The fourth-order valence-electron chi connectivity index (χ4n) is 2.27. The van der Waals surface area contributed by atoms with Crippen molar-refractivity contribution in [2.24, 2.45) is 0 Å². The van der Waals surface area contributed by atoms with Gasteiger partial charge in [-0.2, -0.15) is 0 Å². The van der Waals surface area contributed by atoms with Gasteiger partial charge in [0, 0.05) is 18.3 Å². The summed E-state index contributed by atoms with van der Waals surface area (Å²) in [7, 11) is 0. The van der Waals surface area contributed by atoms with E-state index in [0.29, 0.717) is 6.54 Å². The molecule has 5 heteroatoms. The lowest BCUT2D eigenvalue weighted by atomic mass is 10.0. The maximum Gasteiger partial charge on any atom is 0.307 e. The maximum atomic E-state index is 10.9. The van der Waals surface area contributed by atoms with Crippen molar-refractivity contribution in [1.82, 2.24) is 0 Å². The van der Waals surface area contributed by atoms with Crippen molar-refractivity contribution in [2.45, 2.75) is 13.0 Å². The van der Waals surface area contributed by atoms with E-state index in [1.807, 2.05) is 42.5 Å². The third kappa shape index (κ3) is 3.08. The summed E-state index contributed by atoms with van der Waals surface area (Å²) in [4.78, 5) is 10.9. The number of nitrogens with one attached hydrogen (secondary N) is 1. The number of carboxylic acid groups (broad SMARTS) is 1. The molecule has 0 spiro atoms. The summed E-state index contributed by atoms with van der Waals surface area (Å²) in [6.07, 6.45) is 0.0268. The minimum atomic E-state index is -0.828. The molecule has 21 heavy (non-hydrogen) atoms. The highest BCUT2D eigenvalue weighted by Gasteiger charge is 2.13. The molecule has 1 aliphatic rings. The zero-order valence-corrected chi connectivity index (χ0v) is 11.3. The molecule has 2 aromatic carbocycles. The van der Waals surface area contributed by atoms with Gasteiger partial charge in [0.25, 0.3) is 0 Å². The molecule has 0 amide bonds. The lowest BCUT2D eigenvalue weighted by molar-refractivity contribution is -0.136. The van der Waals surface area contributed by atoms with Crippen molar-refractivity contribution >= 4 is 11.7 Å². The summed E-state index contributed by atoms with van der Waals surface area (Å²) in [6.45, 7) is 0.809. The number of anilines is 1. The largest absolute Gasteiger partial charge is 0.481 e. The van der Waals surface area contributed by atoms with Crippen molar-refractivity contribution in [3.8, 4) is 11.5 Å². The summed E-state index contributed by atoms with van der Waals surface area (Å²) in [5, 5.41) is 12.2. The predicted octanol–water partition coefficient (Wildman–Crippen LogP) is 2.65. The first-order valence-corrected chi connectivity index (χ1v) is 6.64. The zero-order valence-electron chi connectivity index (χ0n) is 11.3. The summed E-state index contributed by atoms with van der Waals surface area (Å²) in [5.74, 6) is 0.635. The quantitative estimate of drug-likeness (QED) is 0.884. The van der Waals surface area contributed by atoms with Crippen LogP contribution in [-0.2, 0) is 17.8 Å². The fourth-order valence-corrected chi connectivity index (χ4v) is 2.27. The molecular weight excluding hydrogens is 270 g/mol. The number of hydrogen-bond acceptors (Lipinski definition) is 4. The van der Waals surface area contributed by atoms with Crippen LogP contribution in [0, 0.1) is 0 Å². The Balaban J connectivity index is 1.71. The van der Waals surface area contributed by atoms with Gasteiger partial charge in [0.15, 0.2) is 11.5 Å². The van der Waals surface area contributed by atoms with Crippen LogP contribution in [0.2, 0.25) is 0 Å². The smallest absolute Gasteiger partial charge is 0.307 e. The second-order valence-corrected chi connectivity index (χ2v) is 4.76. The first kappa shape index (κ1) is 13.3. The van der Waals surface area contributed by atoms with E-state index in [1.54, 1.807) is 0 Å². The van der Waals surface area contributed by atoms with E-state index in [1.165, 1.54) is 0 Å². The lowest BCUT2D eigenvalue weighted by Crippen LogP contribution is -2.07. The van der Waals surface area contributed by atoms with Crippen LogP contribution in [-0.4, -0.2) is 17.9 Å². The van der Waals surface area contributed by atoms with Crippen LogP contribution in [0.25, 0.3) is 0 Å². The molecule has 0 saturated carbocycles. The van der Waals surface area contributed by atoms with Crippen LogP contribution in [0.4, 0.5) is 5.69 Å². The van der Waals surface area contributed by atoms with E-state index >= 15 is 0 Å². The molecule has 5 nitrogen and oxygen atoms in total. The summed E-state index contributed by atoms with van der Waals surface area (Å²) < 4.78 is 10.6. The van der Waals surface area contributed by atoms with Crippen LogP contribution >= 0.6 is 0 Å². The molecule has 0 aliphatic carbocycles. The normalized spacial score (nSPS) is 12.2. The Morgan fingerprint density at radius 2 is 1.86 bits per heavy atom. The van der Waals surface area contributed by atoms with E-state index in [9.17, 15) is 4.79 Å². The molecule has 0 unspecified atom stereocenters. The Bertz CT molecular complexity index is 669. The van der Waals surface area contributed by atoms with Crippen molar-refractivity contribution < 1.29 is 19.4 Å². The average Bonchev–Trinajstić information content (AvgIpc) is 2.93. The molecule has 0 radical (unpaired) electrons. The number of aliphatic carboxylic acids is 1. The number of rotatable bonds is 5. The van der Waals surface area contributed by atoms with Gasteiger partial charge in [-0.1, -0.05) is 24.3 Å². The maximum absolute atomic E-state index is 10.9. The monoisotopic (exact) mass is 285 g/mol. The number of carbonyl (C=O) groups is 1. The first-order valence-electron chi connectivity index (χ1n) is 6.64. The lowest BCUT2D eigenvalue weighted by Gasteiger charge is -2.10. The highest BCUT2D eigenvalue weighted by atomic mass is 16.7. The first-order chi connectivity index (χ1) is 10.2. The topological polar surface area (TPSA) is 67.8 Å². The van der Waals surface area contributed by atoms with E-state index in [4.69, 9.17) is 14.6 Å². The van der Waals surface area contributed by atoms with E-state index < -0.39 is 5.97 Å². The Morgan fingerprint density at radius 3 is 2.67 bits per heavy atom. The van der Waals surface area contributed by atoms with Gasteiger partial charge in [-0.3, -0.25) is 4.79 Å². The molecule has 0 aromatic heterocycles. The van der Waals surface area contributed by atoms with Crippen molar-refractivity contribution in [3.63, 3.8) is 0 Å². The van der Waals surface area contributed by atoms with Crippen LogP contribution in [0.5, 0.6) is 11.5 Å². The Morgan fingerprint density at radius 1 is 1.10 bits per heavy atom. The summed E-state index contributed by atoms with van der Waals surface area (Å²) in [5.41, 5.74) is 2.69. The minimum Gasteiger partial charge on any atom is -0.481 e. The summed E-state index contributed by atoms with van der Waals surface area (Å²) >= 11 is 0. The van der Waals surface area contributed by atoms with Gasteiger partial charge in [0.05, 0.1) is 6.42 Å². The molecule has 108 valence electrons. The summed E-state index contributed by atoms with van der Waals surface area (Å²) in [6, 6.07) is 13.2. The van der Waals surface area contributed by atoms with Crippen LogP contribution in [0.3, 0.4) is 0 Å². The number of ether oxygens (including phenoxy) is 2. The van der Waals surface area contributed by atoms with Crippen LogP contribution < -0.4 is 14.8 Å². The van der Waals surface area contributed by atoms with Gasteiger partial charge in [0.2, 0.25) is 6.79 Å². The third-order valence-corrected chi connectivity index (χ3v) is 3.32. The molecule has 3 rings (SSSR count). The molecular formula is C16H15NO4. The Labute approximate surface area is 122 Å². The predicted molar refractivity (Wildman–Crippen MR) is 77.7 cm³/mol. The van der Waals surface area contributed by atoms with Gasteiger partial charge < -0.3 is 19.9 Å². The number of carboxylic acids is 1. The molecule has 0 fully saturated rings. The molecule has 2 N–H and O–H groups in total. The number of fused-ring (bicyclic) bond motifs is 1. The number of benzene rings is 2.